The van der Waals surface area contributed by atoms with Crippen LogP contribution >= 0.6 is 0 Å². The molecule has 128 valence electrons. The van der Waals surface area contributed by atoms with Gasteiger partial charge < -0.3 is 18.9 Å². The molecule has 0 N–H and O–H groups in total. The van der Waals surface area contributed by atoms with Crippen molar-refractivity contribution in [3.05, 3.63) is 66.2 Å². The second kappa shape index (κ2) is 7.57. The molecule has 3 rings (SSSR count). The Morgan fingerprint density at radius 1 is 0.840 bits per heavy atom. The molecule has 0 saturated carbocycles. The third-order valence-electron chi connectivity index (χ3n) is 3.75. The Kier molecular flexibility index (Phi) is 5.04. The topological polar surface area (TPSA) is 54.0 Å². The Bertz CT molecular complexity index is 874. The van der Waals surface area contributed by atoms with Gasteiger partial charge in [0.25, 0.3) is 0 Å². The van der Waals surface area contributed by atoms with Crippen molar-refractivity contribution in [1.82, 2.24) is 0 Å². The third-order valence-corrected chi connectivity index (χ3v) is 3.75. The lowest BCUT2D eigenvalue weighted by molar-refractivity contribution is 0.0922. The maximum atomic E-state index is 12.1. The highest BCUT2D eigenvalue weighted by Crippen LogP contribution is 2.41. The second-order valence-corrected chi connectivity index (χ2v) is 5.28. The zero-order chi connectivity index (χ0) is 17.6. The van der Waals surface area contributed by atoms with Gasteiger partial charge in [0.2, 0.25) is 0 Å². The summed E-state index contributed by atoms with van der Waals surface area (Å²) in [6.07, 6.45) is -0.794. The zero-order valence-corrected chi connectivity index (χ0v) is 14.0. The van der Waals surface area contributed by atoms with Gasteiger partial charge in [0.05, 0.1) is 14.2 Å². The normalized spacial score (nSPS) is 10.3. The number of carbonyl (C=O) groups is 1. The number of hydrogen-bond acceptors (Lipinski definition) is 5. The molecule has 0 saturated heterocycles. The van der Waals surface area contributed by atoms with E-state index in [1.165, 1.54) is 7.11 Å². The van der Waals surface area contributed by atoms with E-state index in [-0.39, 0.29) is 6.61 Å². The molecule has 5 nitrogen and oxygen atoms in total. The van der Waals surface area contributed by atoms with E-state index in [1.807, 2.05) is 54.6 Å². The van der Waals surface area contributed by atoms with E-state index >= 15 is 0 Å². The van der Waals surface area contributed by atoms with Crippen LogP contribution in [0.1, 0.15) is 5.56 Å². The van der Waals surface area contributed by atoms with Gasteiger partial charge in [-0.15, -0.1) is 0 Å². The highest BCUT2D eigenvalue weighted by molar-refractivity contribution is 5.96. The lowest BCUT2D eigenvalue weighted by Crippen LogP contribution is -2.11. The quantitative estimate of drug-likeness (QED) is 0.504. The number of hydrogen-bond donors (Lipinski definition) is 0. The van der Waals surface area contributed by atoms with Crippen LogP contribution in [-0.4, -0.2) is 20.4 Å². The van der Waals surface area contributed by atoms with E-state index in [1.54, 1.807) is 13.2 Å². The monoisotopic (exact) mass is 338 g/mol. The Morgan fingerprint density at radius 2 is 1.48 bits per heavy atom. The van der Waals surface area contributed by atoms with Crippen LogP contribution in [0.5, 0.6) is 17.2 Å². The van der Waals surface area contributed by atoms with Gasteiger partial charge in [-0.2, -0.15) is 0 Å². The van der Waals surface area contributed by atoms with Crippen molar-refractivity contribution < 1.29 is 23.7 Å². The molecule has 0 bridgehead atoms. The Balaban J connectivity index is 1.86. The number of methoxy groups -OCH3 is 2. The molecule has 5 heteroatoms. The molecule has 3 aromatic rings. The molecule has 0 heterocycles. The molecule has 0 aliphatic carbocycles. The fourth-order valence-electron chi connectivity index (χ4n) is 2.55. The molecule has 0 amide bonds. The van der Waals surface area contributed by atoms with Gasteiger partial charge in [-0.25, -0.2) is 4.79 Å². The van der Waals surface area contributed by atoms with Crippen molar-refractivity contribution in [1.29, 1.82) is 0 Å². The Morgan fingerprint density at radius 3 is 2.16 bits per heavy atom. The molecular formula is C20H18O5. The smallest absolute Gasteiger partial charge is 0.496 e. The van der Waals surface area contributed by atoms with Crippen LogP contribution in [0, 0.1) is 0 Å². The van der Waals surface area contributed by atoms with E-state index in [0.29, 0.717) is 22.6 Å². The molecule has 0 aliphatic rings. The number of fused-ring (bicyclic) bond motifs is 1. The molecule has 0 atom stereocenters. The van der Waals surface area contributed by atoms with E-state index in [4.69, 9.17) is 18.9 Å². The number of benzene rings is 3. The fraction of sp³-hybridized carbons (Fsp3) is 0.150. The maximum Gasteiger partial charge on any atom is 0.514 e. The van der Waals surface area contributed by atoms with Gasteiger partial charge in [-0.05, 0) is 5.56 Å². The summed E-state index contributed by atoms with van der Waals surface area (Å²) in [5.41, 5.74) is 0.881. The van der Waals surface area contributed by atoms with E-state index in [0.717, 1.165) is 10.9 Å². The van der Waals surface area contributed by atoms with Crippen molar-refractivity contribution in [3.63, 3.8) is 0 Å². The first-order valence-electron chi connectivity index (χ1n) is 7.75. The van der Waals surface area contributed by atoms with Crippen LogP contribution < -0.4 is 14.2 Å². The van der Waals surface area contributed by atoms with Crippen molar-refractivity contribution in [2.75, 3.05) is 14.2 Å². The molecule has 0 spiro atoms. The van der Waals surface area contributed by atoms with Crippen LogP contribution in [0.4, 0.5) is 4.79 Å². The minimum Gasteiger partial charge on any atom is -0.496 e. The first-order chi connectivity index (χ1) is 12.2. The number of carbonyl (C=O) groups excluding carboxylic acids is 1. The molecule has 0 fully saturated rings. The van der Waals surface area contributed by atoms with Gasteiger partial charge >= 0.3 is 6.16 Å². The molecule has 0 aliphatic heterocycles. The standard InChI is InChI=1S/C20H18O5/c1-22-17-12-18(23-2)19(16-11-7-6-10-15(16)17)25-20(21)24-13-14-8-4-3-5-9-14/h3-12H,13H2,1-2H3. The third kappa shape index (κ3) is 3.66. The summed E-state index contributed by atoms with van der Waals surface area (Å²) in [6.45, 7) is 0.135. The van der Waals surface area contributed by atoms with Crippen LogP contribution in [0.15, 0.2) is 60.7 Å². The Hall–Kier alpha value is -3.21. The van der Waals surface area contributed by atoms with Crippen LogP contribution in [0.25, 0.3) is 10.8 Å². The van der Waals surface area contributed by atoms with Crippen LogP contribution in [-0.2, 0) is 11.3 Å². The molecular weight excluding hydrogens is 320 g/mol. The molecule has 25 heavy (non-hydrogen) atoms. The molecule has 0 unspecified atom stereocenters. The predicted octanol–water partition coefficient (Wildman–Crippen LogP) is 4.57. The summed E-state index contributed by atoms with van der Waals surface area (Å²) in [6, 6.07) is 18.5. The van der Waals surface area contributed by atoms with Crippen molar-refractivity contribution in [3.8, 4) is 17.2 Å². The van der Waals surface area contributed by atoms with Gasteiger partial charge in [0.15, 0.2) is 11.5 Å². The summed E-state index contributed by atoms with van der Waals surface area (Å²) < 4.78 is 21.3. The highest BCUT2D eigenvalue weighted by Gasteiger charge is 2.18. The summed E-state index contributed by atoms with van der Waals surface area (Å²) in [5.74, 6) is 1.33. The Labute approximate surface area is 145 Å². The van der Waals surface area contributed by atoms with E-state index < -0.39 is 6.16 Å². The maximum absolute atomic E-state index is 12.1. The number of rotatable bonds is 5. The first-order valence-corrected chi connectivity index (χ1v) is 7.75. The average Bonchev–Trinajstić information content (AvgIpc) is 2.67. The summed E-state index contributed by atoms with van der Waals surface area (Å²) in [4.78, 5) is 12.1. The van der Waals surface area contributed by atoms with Gasteiger partial charge in [-0.3, -0.25) is 0 Å². The van der Waals surface area contributed by atoms with Crippen LogP contribution in [0.2, 0.25) is 0 Å². The first kappa shape index (κ1) is 16.6. The van der Waals surface area contributed by atoms with Crippen molar-refractivity contribution in [2.45, 2.75) is 6.61 Å². The van der Waals surface area contributed by atoms with E-state index in [2.05, 4.69) is 0 Å². The van der Waals surface area contributed by atoms with Crippen molar-refractivity contribution >= 4 is 16.9 Å². The minimum atomic E-state index is -0.794. The fourth-order valence-corrected chi connectivity index (χ4v) is 2.55. The average molecular weight is 338 g/mol. The van der Waals surface area contributed by atoms with Crippen molar-refractivity contribution in [2.24, 2.45) is 0 Å². The summed E-state index contributed by atoms with van der Waals surface area (Å²) in [7, 11) is 3.08. The van der Waals surface area contributed by atoms with Gasteiger partial charge in [0.1, 0.15) is 12.4 Å². The zero-order valence-electron chi connectivity index (χ0n) is 14.0. The van der Waals surface area contributed by atoms with E-state index in [9.17, 15) is 4.79 Å². The van der Waals surface area contributed by atoms with Crippen LogP contribution in [0.3, 0.4) is 0 Å². The minimum absolute atomic E-state index is 0.135. The molecule has 3 aromatic carbocycles. The summed E-state index contributed by atoms with van der Waals surface area (Å²) in [5, 5.41) is 1.52. The second-order valence-electron chi connectivity index (χ2n) is 5.28. The lowest BCUT2D eigenvalue weighted by Gasteiger charge is -2.14. The molecule has 0 radical (unpaired) electrons. The van der Waals surface area contributed by atoms with Gasteiger partial charge in [-0.1, -0.05) is 54.6 Å². The lowest BCUT2D eigenvalue weighted by atomic mass is 10.1. The molecule has 0 aromatic heterocycles. The predicted molar refractivity (Wildman–Crippen MR) is 94.3 cm³/mol. The highest BCUT2D eigenvalue weighted by atomic mass is 16.7. The largest absolute Gasteiger partial charge is 0.514 e. The van der Waals surface area contributed by atoms with Gasteiger partial charge in [0, 0.05) is 16.8 Å². The number of ether oxygens (including phenoxy) is 4. The summed E-state index contributed by atoms with van der Waals surface area (Å²) >= 11 is 0. The SMILES string of the molecule is COc1cc(OC)c2ccccc2c1OC(=O)OCc1ccccc1.